The van der Waals surface area contributed by atoms with Crippen LogP contribution in [0.5, 0.6) is 0 Å². The van der Waals surface area contributed by atoms with E-state index >= 15 is 0 Å². The molecule has 0 bridgehead atoms. The Bertz CT molecular complexity index is 193. The molecule has 3 nitrogen and oxygen atoms in total. The molecule has 2 atom stereocenters. The molecule has 1 aliphatic rings. The van der Waals surface area contributed by atoms with Gasteiger partial charge in [0.1, 0.15) is 0 Å². The fourth-order valence-electron chi connectivity index (χ4n) is 2.62. The van der Waals surface area contributed by atoms with Crippen molar-refractivity contribution in [3.63, 3.8) is 0 Å². The van der Waals surface area contributed by atoms with E-state index in [0.717, 1.165) is 31.6 Å². The highest BCUT2D eigenvalue weighted by Crippen LogP contribution is 2.16. The van der Waals surface area contributed by atoms with Crippen LogP contribution in [0.15, 0.2) is 0 Å². The van der Waals surface area contributed by atoms with E-state index in [0.29, 0.717) is 6.04 Å². The second-order valence-corrected chi connectivity index (χ2v) is 5.56. The Balaban J connectivity index is 2.28. The van der Waals surface area contributed by atoms with Crippen molar-refractivity contribution in [1.82, 2.24) is 10.2 Å². The summed E-state index contributed by atoms with van der Waals surface area (Å²) in [6, 6.07) is 0.616. The fourth-order valence-corrected chi connectivity index (χ4v) is 2.62. The normalized spacial score (nSPS) is 21.7. The van der Waals surface area contributed by atoms with Gasteiger partial charge in [-0.15, -0.1) is 0 Å². The van der Waals surface area contributed by atoms with E-state index in [1.54, 1.807) is 0 Å². The lowest BCUT2D eigenvalue weighted by Crippen LogP contribution is -2.43. The smallest absolute Gasteiger partial charge is 0.0469 e. The second kappa shape index (κ2) is 8.06. The van der Waals surface area contributed by atoms with Crippen LogP contribution in [-0.4, -0.2) is 51.3 Å². The predicted molar refractivity (Wildman–Crippen MR) is 73.3 cm³/mol. The molecule has 1 aliphatic heterocycles. The molecular formula is C14H30N2O. The number of hydrogen-bond acceptors (Lipinski definition) is 3. The lowest BCUT2D eigenvalue weighted by Gasteiger charge is -2.31. The van der Waals surface area contributed by atoms with Crippen molar-refractivity contribution in [1.29, 1.82) is 0 Å². The first kappa shape index (κ1) is 14.9. The van der Waals surface area contributed by atoms with Gasteiger partial charge in [-0.05, 0) is 38.8 Å². The molecule has 1 heterocycles. The Morgan fingerprint density at radius 3 is 2.53 bits per heavy atom. The van der Waals surface area contributed by atoms with Gasteiger partial charge in [0.2, 0.25) is 0 Å². The van der Waals surface area contributed by atoms with Crippen LogP contribution in [0, 0.1) is 11.8 Å². The van der Waals surface area contributed by atoms with Crippen LogP contribution < -0.4 is 5.32 Å². The van der Waals surface area contributed by atoms with Crippen molar-refractivity contribution in [3.05, 3.63) is 0 Å². The highest BCUT2D eigenvalue weighted by molar-refractivity contribution is 4.76. The highest BCUT2D eigenvalue weighted by Gasteiger charge is 2.19. The SMILES string of the molecule is CCC(C)C(CN(C)CC1CCOCC1)NC. The molecule has 102 valence electrons. The first-order valence-electron chi connectivity index (χ1n) is 7.10. The second-order valence-electron chi connectivity index (χ2n) is 5.56. The standard InChI is InChI=1S/C14H30N2O/c1-5-12(2)14(15-3)11-16(4)10-13-6-8-17-9-7-13/h12-15H,5-11H2,1-4H3. The topological polar surface area (TPSA) is 24.5 Å². The van der Waals surface area contributed by atoms with Crippen LogP contribution >= 0.6 is 0 Å². The maximum atomic E-state index is 5.41. The summed E-state index contributed by atoms with van der Waals surface area (Å²) in [5.74, 6) is 1.58. The number of ether oxygens (including phenoxy) is 1. The Morgan fingerprint density at radius 1 is 1.35 bits per heavy atom. The Kier molecular flexibility index (Phi) is 7.09. The van der Waals surface area contributed by atoms with E-state index in [1.165, 1.54) is 25.8 Å². The summed E-state index contributed by atoms with van der Waals surface area (Å²) in [4.78, 5) is 2.49. The molecule has 0 spiro atoms. The van der Waals surface area contributed by atoms with Crippen molar-refractivity contribution in [2.24, 2.45) is 11.8 Å². The van der Waals surface area contributed by atoms with Gasteiger partial charge in [-0.1, -0.05) is 20.3 Å². The lowest BCUT2D eigenvalue weighted by molar-refractivity contribution is 0.0540. The molecule has 1 fully saturated rings. The third kappa shape index (κ3) is 5.36. The molecule has 3 heteroatoms. The molecule has 2 unspecified atom stereocenters. The summed E-state index contributed by atoms with van der Waals surface area (Å²) in [6.07, 6.45) is 3.71. The van der Waals surface area contributed by atoms with E-state index in [4.69, 9.17) is 4.74 Å². The average molecular weight is 242 g/mol. The van der Waals surface area contributed by atoms with Crippen molar-refractivity contribution in [2.45, 2.75) is 39.2 Å². The van der Waals surface area contributed by atoms with Crippen molar-refractivity contribution < 1.29 is 4.74 Å². The zero-order valence-electron chi connectivity index (χ0n) is 12.0. The number of rotatable bonds is 7. The maximum absolute atomic E-state index is 5.41. The van der Waals surface area contributed by atoms with Gasteiger partial charge in [-0.2, -0.15) is 0 Å². The van der Waals surface area contributed by atoms with Gasteiger partial charge in [0.25, 0.3) is 0 Å². The van der Waals surface area contributed by atoms with E-state index in [9.17, 15) is 0 Å². The summed E-state index contributed by atoms with van der Waals surface area (Å²) >= 11 is 0. The monoisotopic (exact) mass is 242 g/mol. The van der Waals surface area contributed by atoms with Gasteiger partial charge in [0, 0.05) is 32.3 Å². The highest BCUT2D eigenvalue weighted by atomic mass is 16.5. The van der Waals surface area contributed by atoms with Gasteiger partial charge in [0.05, 0.1) is 0 Å². The summed E-state index contributed by atoms with van der Waals surface area (Å²) < 4.78 is 5.41. The molecule has 0 radical (unpaired) electrons. The Labute approximate surface area is 107 Å². The van der Waals surface area contributed by atoms with E-state index in [-0.39, 0.29) is 0 Å². The van der Waals surface area contributed by atoms with E-state index in [2.05, 4.69) is 38.2 Å². The van der Waals surface area contributed by atoms with Crippen molar-refractivity contribution in [3.8, 4) is 0 Å². The Morgan fingerprint density at radius 2 is 2.00 bits per heavy atom. The van der Waals surface area contributed by atoms with Crippen LogP contribution in [0.1, 0.15) is 33.1 Å². The van der Waals surface area contributed by atoms with E-state index in [1.807, 2.05) is 0 Å². The molecule has 0 amide bonds. The van der Waals surface area contributed by atoms with Gasteiger partial charge < -0.3 is 15.0 Å². The predicted octanol–water partition coefficient (Wildman–Crippen LogP) is 1.98. The maximum Gasteiger partial charge on any atom is 0.0469 e. The molecule has 0 aromatic heterocycles. The summed E-state index contributed by atoms with van der Waals surface area (Å²) in [5, 5.41) is 3.45. The minimum Gasteiger partial charge on any atom is -0.381 e. The molecule has 1 rings (SSSR count). The zero-order valence-corrected chi connectivity index (χ0v) is 12.0. The molecular weight excluding hydrogens is 212 g/mol. The molecule has 0 saturated carbocycles. The quantitative estimate of drug-likeness (QED) is 0.739. The van der Waals surface area contributed by atoms with Gasteiger partial charge in [-0.3, -0.25) is 0 Å². The van der Waals surface area contributed by atoms with Gasteiger partial charge in [0.15, 0.2) is 0 Å². The number of nitrogens with zero attached hydrogens (tertiary/aromatic N) is 1. The lowest BCUT2D eigenvalue weighted by atomic mass is 9.97. The average Bonchev–Trinajstić information content (AvgIpc) is 2.36. The number of likely N-dealkylation sites (N-methyl/N-ethyl adjacent to an activating group) is 2. The van der Waals surface area contributed by atoms with Crippen molar-refractivity contribution >= 4 is 0 Å². The van der Waals surface area contributed by atoms with Crippen molar-refractivity contribution in [2.75, 3.05) is 40.4 Å². The summed E-state index contributed by atoms with van der Waals surface area (Å²) in [5.41, 5.74) is 0. The molecule has 1 N–H and O–H groups in total. The summed E-state index contributed by atoms with van der Waals surface area (Å²) in [6.45, 7) is 8.90. The van der Waals surface area contributed by atoms with Crippen LogP contribution in [0.25, 0.3) is 0 Å². The molecule has 0 aromatic rings. The minimum atomic E-state index is 0.616. The van der Waals surface area contributed by atoms with Gasteiger partial charge in [-0.25, -0.2) is 0 Å². The fraction of sp³-hybridized carbons (Fsp3) is 1.00. The number of nitrogens with one attached hydrogen (secondary N) is 1. The number of hydrogen-bond donors (Lipinski definition) is 1. The largest absolute Gasteiger partial charge is 0.381 e. The van der Waals surface area contributed by atoms with Crippen LogP contribution in [0.4, 0.5) is 0 Å². The minimum absolute atomic E-state index is 0.616. The van der Waals surface area contributed by atoms with Crippen LogP contribution in [-0.2, 0) is 4.74 Å². The third-order valence-electron chi connectivity index (χ3n) is 4.12. The molecule has 17 heavy (non-hydrogen) atoms. The van der Waals surface area contributed by atoms with Crippen LogP contribution in [0.3, 0.4) is 0 Å². The first-order chi connectivity index (χ1) is 8.17. The summed E-state index contributed by atoms with van der Waals surface area (Å²) in [7, 11) is 4.33. The van der Waals surface area contributed by atoms with Gasteiger partial charge >= 0.3 is 0 Å². The zero-order chi connectivity index (χ0) is 12.7. The third-order valence-corrected chi connectivity index (χ3v) is 4.12. The van der Waals surface area contributed by atoms with E-state index < -0.39 is 0 Å². The van der Waals surface area contributed by atoms with Crippen LogP contribution in [0.2, 0.25) is 0 Å². The molecule has 0 aliphatic carbocycles. The first-order valence-corrected chi connectivity index (χ1v) is 7.10. The molecule has 0 aromatic carbocycles. The molecule has 1 saturated heterocycles. The Hall–Kier alpha value is -0.120.